The van der Waals surface area contributed by atoms with Crippen LogP contribution in [0, 0.1) is 29.6 Å². The van der Waals surface area contributed by atoms with Crippen molar-refractivity contribution in [2.75, 3.05) is 11.5 Å². The Labute approximate surface area is 252 Å². The number of hydrogen-bond acceptors (Lipinski definition) is 11. The number of halogens is 2. The number of nitrogens with two attached hydrogens (primary N) is 2. The van der Waals surface area contributed by atoms with Crippen LogP contribution in [0.25, 0.3) is 22.3 Å². The summed E-state index contributed by atoms with van der Waals surface area (Å²) in [5, 5.41) is 10.6. The molecule has 0 spiro atoms. The highest BCUT2D eigenvalue weighted by molar-refractivity contribution is 6.34. The Balaban J connectivity index is 0.000000137. The van der Waals surface area contributed by atoms with E-state index in [4.69, 9.17) is 44.1 Å². The second-order valence-electron chi connectivity index (χ2n) is 12.3. The highest BCUT2D eigenvalue weighted by Crippen LogP contribution is 2.50. The maximum atomic E-state index is 10.1. The summed E-state index contributed by atoms with van der Waals surface area (Å²) >= 11 is 12.1. The molecule has 42 heavy (non-hydrogen) atoms. The summed E-state index contributed by atoms with van der Waals surface area (Å²) in [6.45, 7) is 6.74. The highest BCUT2D eigenvalue weighted by Gasteiger charge is 2.49. The first-order valence-corrected chi connectivity index (χ1v) is 15.1. The average Bonchev–Trinajstić information content (AvgIpc) is 3.74. The molecule has 10 atom stereocenters. The number of ether oxygens (including phenoxy) is 2. The lowest BCUT2D eigenvalue weighted by Crippen LogP contribution is -2.23. The molecule has 4 aromatic rings. The van der Waals surface area contributed by atoms with Gasteiger partial charge in [-0.15, -0.1) is 0 Å². The standard InChI is InChI=1S/C14H18ClN5O.C13H16ClN5O2/c1-6-3-7(2)11-8(6)4-9(21-11)20-5-17-10-12(15)18-14(16)19-13(10)20;1-5-2-7(20)10-6(5)3-8(21-10)19-4-16-9-11(14)17-13(15)18-12(9)19/h5-9,11H,3-4H2,1-2H3,(H2,16,18,19);4-8,10,20H,2-3H2,1H3,(H2,15,17,18)/t6-,7-,8+,9?,11-;5-,6+,7-,8-,10+/m11/s1. The third-order valence-electron chi connectivity index (χ3n) is 9.59. The fourth-order valence-corrected chi connectivity index (χ4v) is 8.05. The van der Waals surface area contributed by atoms with E-state index < -0.39 is 6.10 Å². The van der Waals surface area contributed by atoms with E-state index in [-0.39, 0.29) is 40.8 Å². The second kappa shape index (κ2) is 10.4. The van der Waals surface area contributed by atoms with E-state index in [1.165, 1.54) is 6.42 Å². The van der Waals surface area contributed by atoms with Crippen molar-refractivity contribution < 1.29 is 14.6 Å². The first-order chi connectivity index (χ1) is 20.1. The zero-order valence-corrected chi connectivity index (χ0v) is 25.0. The molecule has 0 aromatic carbocycles. The van der Waals surface area contributed by atoms with Crippen molar-refractivity contribution >= 4 is 57.4 Å². The lowest BCUT2D eigenvalue weighted by Gasteiger charge is -2.17. The number of nitrogen functional groups attached to an aromatic ring is 2. The molecule has 13 nitrogen and oxygen atoms in total. The van der Waals surface area contributed by atoms with E-state index in [1.54, 1.807) is 12.7 Å². The van der Waals surface area contributed by atoms with Crippen molar-refractivity contribution in [1.82, 2.24) is 39.0 Å². The third-order valence-corrected chi connectivity index (χ3v) is 10.1. The van der Waals surface area contributed by atoms with Crippen molar-refractivity contribution in [1.29, 1.82) is 0 Å². The summed E-state index contributed by atoms with van der Waals surface area (Å²) in [4.78, 5) is 24.9. The minimum Gasteiger partial charge on any atom is -0.390 e. The van der Waals surface area contributed by atoms with Crippen LogP contribution in [-0.2, 0) is 9.47 Å². The molecule has 0 amide bonds. The van der Waals surface area contributed by atoms with Crippen LogP contribution in [0.5, 0.6) is 0 Å². The average molecular weight is 618 g/mol. The number of nitrogens with zero attached hydrogens (tertiary/aromatic N) is 8. The molecule has 4 aromatic heterocycles. The van der Waals surface area contributed by atoms with Gasteiger partial charge in [-0.3, -0.25) is 9.13 Å². The fraction of sp³-hybridized carbons (Fsp3) is 0.630. The number of aliphatic hydroxyl groups excluding tert-OH is 1. The first-order valence-electron chi connectivity index (χ1n) is 14.4. The third kappa shape index (κ3) is 4.57. The summed E-state index contributed by atoms with van der Waals surface area (Å²) in [5.74, 6) is 3.00. The van der Waals surface area contributed by atoms with E-state index in [0.717, 1.165) is 19.3 Å². The number of imidazole rings is 2. The predicted molar refractivity (Wildman–Crippen MR) is 156 cm³/mol. The molecule has 0 bridgehead atoms. The van der Waals surface area contributed by atoms with E-state index in [1.807, 2.05) is 9.13 Å². The lowest BCUT2D eigenvalue weighted by atomic mass is 9.94. The van der Waals surface area contributed by atoms with Crippen LogP contribution >= 0.6 is 23.2 Å². The predicted octanol–water partition coefficient (Wildman–Crippen LogP) is 4.01. The maximum absolute atomic E-state index is 10.1. The summed E-state index contributed by atoms with van der Waals surface area (Å²) in [6.07, 6.45) is 6.81. The molecular weight excluding hydrogens is 583 g/mol. The monoisotopic (exact) mass is 616 g/mol. The van der Waals surface area contributed by atoms with Crippen LogP contribution in [-0.4, -0.2) is 62.5 Å². The van der Waals surface area contributed by atoms with Gasteiger partial charge < -0.3 is 26.0 Å². The van der Waals surface area contributed by atoms with Gasteiger partial charge in [0.05, 0.1) is 31.0 Å². The van der Waals surface area contributed by atoms with Gasteiger partial charge in [-0.2, -0.15) is 19.9 Å². The zero-order chi connectivity index (χ0) is 29.4. The molecule has 2 aliphatic carbocycles. The van der Waals surface area contributed by atoms with Crippen molar-refractivity contribution in [3.8, 4) is 0 Å². The van der Waals surface area contributed by atoms with Gasteiger partial charge in [0.25, 0.3) is 0 Å². The number of fused-ring (bicyclic) bond motifs is 4. The van der Waals surface area contributed by atoms with E-state index in [9.17, 15) is 5.11 Å². The Morgan fingerprint density at radius 1 is 0.714 bits per heavy atom. The molecule has 224 valence electrons. The van der Waals surface area contributed by atoms with Crippen molar-refractivity contribution in [3.05, 3.63) is 23.0 Å². The number of hydrogen-bond donors (Lipinski definition) is 3. The van der Waals surface area contributed by atoms with Crippen LogP contribution in [0.3, 0.4) is 0 Å². The second-order valence-corrected chi connectivity index (χ2v) is 13.0. The topological polar surface area (TPSA) is 178 Å². The molecule has 0 radical (unpaired) electrons. The van der Waals surface area contributed by atoms with E-state index in [2.05, 4.69) is 50.7 Å². The fourth-order valence-electron chi connectivity index (χ4n) is 7.61. The Bertz CT molecular complexity index is 1500. The number of aliphatic hydroxyl groups is 1. The SMILES string of the molecule is C[C@@H]1C[C@@H](C)[C@H]2OC(n3cnc4c(Cl)nc(N)nc43)C[C@H]21.C[C@@H]1C[C@@H](O)[C@H]2O[C@@H](n3cnc4c(Cl)nc(N)nc43)C[C@H]21. The van der Waals surface area contributed by atoms with Gasteiger partial charge in [-0.1, -0.05) is 44.0 Å². The smallest absolute Gasteiger partial charge is 0.223 e. The quantitative estimate of drug-likeness (QED) is 0.277. The Morgan fingerprint density at radius 3 is 1.69 bits per heavy atom. The summed E-state index contributed by atoms with van der Waals surface area (Å²) in [5.41, 5.74) is 13.7. The largest absolute Gasteiger partial charge is 0.390 e. The molecule has 15 heteroatoms. The van der Waals surface area contributed by atoms with Gasteiger partial charge in [0.2, 0.25) is 11.9 Å². The van der Waals surface area contributed by atoms with Gasteiger partial charge in [0, 0.05) is 0 Å². The molecule has 4 fully saturated rings. The number of aromatic nitrogens is 8. The van der Waals surface area contributed by atoms with Crippen LogP contribution in [0.1, 0.15) is 58.9 Å². The first kappa shape index (κ1) is 28.0. The van der Waals surface area contributed by atoms with Crippen molar-refractivity contribution in [3.63, 3.8) is 0 Å². The number of anilines is 2. The minimum atomic E-state index is -0.395. The van der Waals surface area contributed by atoms with Crippen LogP contribution in [0.2, 0.25) is 10.3 Å². The molecule has 2 saturated carbocycles. The molecule has 1 unspecified atom stereocenters. The van der Waals surface area contributed by atoms with E-state index in [0.29, 0.717) is 58.0 Å². The van der Waals surface area contributed by atoms with Gasteiger partial charge in [-0.05, 0) is 55.3 Å². The van der Waals surface area contributed by atoms with Crippen molar-refractivity contribution in [2.24, 2.45) is 29.6 Å². The van der Waals surface area contributed by atoms with Crippen LogP contribution in [0.4, 0.5) is 11.9 Å². The van der Waals surface area contributed by atoms with Crippen LogP contribution in [0.15, 0.2) is 12.7 Å². The Kier molecular flexibility index (Phi) is 6.93. The summed E-state index contributed by atoms with van der Waals surface area (Å²) in [6, 6.07) is 0. The Hall–Kier alpha value is -2.84. The lowest BCUT2D eigenvalue weighted by molar-refractivity contribution is -0.0525. The molecule has 5 N–H and O–H groups in total. The molecule has 8 rings (SSSR count). The van der Waals surface area contributed by atoms with Gasteiger partial charge in [0.15, 0.2) is 21.6 Å². The molecule has 6 heterocycles. The zero-order valence-electron chi connectivity index (χ0n) is 23.5. The Morgan fingerprint density at radius 2 is 1.19 bits per heavy atom. The van der Waals surface area contributed by atoms with Gasteiger partial charge >= 0.3 is 0 Å². The van der Waals surface area contributed by atoms with Gasteiger partial charge in [0.1, 0.15) is 23.5 Å². The summed E-state index contributed by atoms with van der Waals surface area (Å²) < 4.78 is 16.1. The molecule has 2 saturated heterocycles. The minimum absolute atomic E-state index is 0.0411. The normalized spacial score (nSPS) is 35.5. The summed E-state index contributed by atoms with van der Waals surface area (Å²) in [7, 11) is 0. The van der Waals surface area contributed by atoms with Gasteiger partial charge in [-0.25, -0.2) is 9.97 Å². The van der Waals surface area contributed by atoms with Crippen molar-refractivity contribution in [2.45, 2.75) is 77.2 Å². The maximum Gasteiger partial charge on any atom is 0.223 e. The van der Waals surface area contributed by atoms with Crippen LogP contribution < -0.4 is 11.5 Å². The van der Waals surface area contributed by atoms with E-state index >= 15 is 0 Å². The molecule has 4 aliphatic rings. The highest BCUT2D eigenvalue weighted by atomic mass is 35.5. The number of rotatable bonds is 2. The molecule has 2 aliphatic heterocycles. The molecular formula is C27H34Cl2N10O3.